The maximum atomic E-state index is 14.7. The Kier molecular flexibility index (Phi) is 12.4. The van der Waals surface area contributed by atoms with Gasteiger partial charge in [-0.15, -0.1) is 0 Å². The van der Waals surface area contributed by atoms with E-state index in [0.717, 1.165) is 42.7 Å². The van der Waals surface area contributed by atoms with E-state index in [1.165, 1.54) is 17.2 Å². The normalized spacial score (nSPS) is 20.1. The smallest absolute Gasteiger partial charge is 0.351 e. The Morgan fingerprint density at radius 1 is 1.05 bits per heavy atom. The molecular formula is C31H37F2N3O5S2. The highest BCUT2D eigenvalue weighted by molar-refractivity contribution is 7.99. The van der Waals surface area contributed by atoms with Crippen molar-refractivity contribution in [1.82, 2.24) is 9.55 Å². The molecule has 1 saturated heterocycles. The van der Waals surface area contributed by atoms with Gasteiger partial charge in [-0.25, -0.2) is 4.79 Å². The molecule has 0 aliphatic carbocycles. The topological polar surface area (TPSA) is 117 Å². The second kappa shape index (κ2) is 16.2. The zero-order valence-electron chi connectivity index (χ0n) is 23.7. The fourth-order valence-electron chi connectivity index (χ4n) is 4.68. The fourth-order valence-corrected chi connectivity index (χ4v) is 7.09. The van der Waals surface area contributed by atoms with E-state index in [9.17, 15) is 23.5 Å². The summed E-state index contributed by atoms with van der Waals surface area (Å²) in [4.78, 5) is 27.8. The van der Waals surface area contributed by atoms with Crippen LogP contribution < -0.4 is 11.4 Å². The van der Waals surface area contributed by atoms with Crippen LogP contribution in [0.2, 0.25) is 0 Å². The molecule has 4 rings (SSSR count). The number of halogens is 2. The van der Waals surface area contributed by atoms with E-state index in [1.54, 1.807) is 0 Å². The Bertz CT molecular complexity index is 1350. The maximum absolute atomic E-state index is 14.7. The number of esters is 1. The predicted octanol–water partition coefficient (Wildman–Crippen LogP) is 5.45. The number of aromatic nitrogens is 2. The molecule has 1 aliphatic rings. The van der Waals surface area contributed by atoms with Crippen molar-refractivity contribution in [3.63, 3.8) is 0 Å². The SMILES string of the molecule is Nc1ccn(C2OC(COC(=O)CCCCC(CCSCc3ccccc3)SCc3ccccc3)C(O)C2(F)F)c(=O)n1. The van der Waals surface area contributed by atoms with Gasteiger partial charge in [0.15, 0.2) is 6.10 Å². The molecular weight excluding hydrogens is 596 g/mol. The first-order chi connectivity index (χ1) is 20.7. The molecule has 2 heterocycles. The third-order valence-corrected chi connectivity index (χ3v) is 9.58. The Morgan fingerprint density at radius 3 is 2.40 bits per heavy atom. The number of rotatable bonds is 16. The number of ether oxygens (including phenoxy) is 2. The molecule has 0 amide bonds. The van der Waals surface area contributed by atoms with Crippen LogP contribution in [-0.2, 0) is 25.8 Å². The number of unbranched alkanes of at least 4 members (excludes halogenated alkanes) is 1. The van der Waals surface area contributed by atoms with E-state index in [4.69, 9.17) is 15.2 Å². The van der Waals surface area contributed by atoms with Crippen LogP contribution in [0.3, 0.4) is 0 Å². The third-order valence-electron chi connectivity index (χ3n) is 7.07. The zero-order chi connectivity index (χ0) is 30.7. The number of carbonyl (C=O) groups excluding carboxylic acids is 1. The number of hydrogen-bond donors (Lipinski definition) is 2. The lowest BCUT2D eigenvalue weighted by Crippen LogP contribution is -2.42. The first kappa shape index (κ1) is 33.0. The second-order valence-corrected chi connectivity index (χ2v) is 12.8. The van der Waals surface area contributed by atoms with Crippen molar-refractivity contribution >= 4 is 35.3 Å². The van der Waals surface area contributed by atoms with Crippen molar-refractivity contribution in [2.24, 2.45) is 0 Å². The van der Waals surface area contributed by atoms with Crippen molar-refractivity contribution in [2.45, 2.75) is 73.2 Å². The minimum absolute atomic E-state index is 0.128. The quantitative estimate of drug-likeness (QED) is 0.157. The van der Waals surface area contributed by atoms with Crippen LogP contribution >= 0.6 is 23.5 Å². The van der Waals surface area contributed by atoms with E-state index in [-0.39, 0.29) is 12.2 Å². The standard InChI is InChI=1S/C31H37F2N3O5S2/c32-31(33)28(38)25(41-29(31)36-17-15-26(34)35-30(36)39)19-40-27(37)14-8-7-13-24(43-21-23-11-5-2-6-12-23)16-18-42-20-22-9-3-1-4-10-22/h1-6,9-12,15,17,24-25,28-29,38H,7-8,13-14,16,18-21H2,(H2,34,35,39). The molecule has 43 heavy (non-hydrogen) atoms. The van der Waals surface area contributed by atoms with E-state index in [0.29, 0.717) is 16.2 Å². The lowest BCUT2D eigenvalue weighted by atomic mass is 10.1. The minimum atomic E-state index is -3.80. The van der Waals surface area contributed by atoms with Gasteiger partial charge < -0.3 is 20.3 Å². The number of anilines is 1. The monoisotopic (exact) mass is 633 g/mol. The van der Waals surface area contributed by atoms with Gasteiger partial charge in [-0.2, -0.15) is 37.3 Å². The highest BCUT2D eigenvalue weighted by Gasteiger charge is 2.60. The van der Waals surface area contributed by atoms with Gasteiger partial charge >= 0.3 is 17.6 Å². The molecule has 232 valence electrons. The van der Waals surface area contributed by atoms with Crippen LogP contribution in [0.5, 0.6) is 0 Å². The molecule has 3 aromatic rings. The molecule has 2 aromatic carbocycles. The molecule has 1 fully saturated rings. The first-order valence-electron chi connectivity index (χ1n) is 14.2. The van der Waals surface area contributed by atoms with E-state index >= 15 is 0 Å². The molecule has 0 spiro atoms. The third kappa shape index (κ3) is 9.79. The molecule has 4 unspecified atom stereocenters. The molecule has 0 bridgehead atoms. The Balaban J connectivity index is 1.19. The van der Waals surface area contributed by atoms with Crippen LogP contribution in [0.15, 0.2) is 77.7 Å². The van der Waals surface area contributed by atoms with E-state index in [1.807, 2.05) is 47.8 Å². The van der Waals surface area contributed by atoms with Crippen molar-refractivity contribution in [3.05, 3.63) is 94.5 Å². The van der Waals surface area contributed by atoms with Crippen molar-refractivity contribution in [2.75, 3.05) is 18.1 Å². The summed E-state index contributed by atoms with van der Waals surface area (Å²) in [5, 5.41) is 10.6. The van der Waals surface area contributed by atoms with Gasteiger partial charge in [0.1, 0.15) is 18.5 Å². The summed E-state index contributed by atoms with van der Waals surface area (Å²) in [5.74, 6) is -1.55. The van der Waals surface area contributed by atoms with E-state index < -0.39 is 42.6 Å². The average molecular weight is 634 g/mol. The number of hydrogen-bond acceptors (Lipinski definition) is 9. The van der Waals surface area contributed by atoms with E-state index in [2.05, 4.69) is 41.4 Å². The van der Waals surface area contributed by atoms with Crippen LogP contribution in [-0.4, -0.2) is 56.4 Å². The summed E-state index contributed by atoms with van der Waals surface area (Å²) in [6, 6.07) is 21.9. The fraction of sp³-hybridized carbons (Fsp3) is 0.452. The van der Waals surface area contributed by atoms with Crippen LogP contribution in [0.25, 0.3) is 0 Å². The number of alkyl halides is 2. The summed E-state index contributed by atoms with van der Waals surface area (Å²) in [6.07, 6.45) is -1.29. The van der Waals surface area contributed by atoms with Gasteiger partial charge in [0, 0.05) is 29.4 Å². The molecule has 8 nitrogen and oxygen atoms in total. The second-order valence-electron chi connectivity index (χ2n) is 10.4. The zero-order valence-corrected chi connectivity index (χ0v) is 25.4. The van der Waals surface area contributed by atoms with Crippen molar-refractivity contribution < 1.29 is 28.2 Å². The highest BCUT2D eigenvalue weighted by atomic mass is 32.2. The molecule has 12 heteroatoms. The number of nitrogen functional groups attached to an aromatic ring is 1. The molecule has 1 aliphatic heterocycles. The molecule has 4 atom stereocenters. The number of carbonyl (C=O) groups is 1. The summed E-state index contributed by atoms with van der Waals surface area (Å²) < 4.78 is 40.4. The number of nitrogens with zero attached hydrogens (tertiary/aromatic N) is 2. The summed E-state index contributed by atoms with van der Waals surface area (Å²) in [5.41, 5.74) is 6.97. The molecule has 1 aromatic heterocycles. The van der Waals surface area contributed by atoms with Crippen LogP contribution in [0, 0.1) is 0 Å². The number of aliphatic hydroxyl groups is 1. The highest BCUT2D eigenvalue weighted by Crippen LogP contribution is 2.42. The number of thioether (sulfide) groups is 2. The number of aliphatic hydroxyl groups excluding tert-OH is 1. The largest absolute Gasteiger partial charge is 0.463 e. The summed E-state index contributed by atoms with van der Waals surface area (Å²) in [6.45, 7) is -0.558. The Hall–Kier alpha value is -2.93. The summed E-state index contributed by atoms with van der Waals surface area (Å²) >= 11 is 3.84. The lowest BCUT2D eigenvalue weighted by Gasteiger charge is -2.20. The van der Waals surface area contributed by atoms with Gasteiger partial charge in [-0.3, -0.25) is 9.36 Å². The Labute approximate surface area is 258 Å². The minimum Gasteiger partial charge on any atom is -0.463 e. The van der Waals surface area contributed by atoms with Gasteiger partial charge in [0.25, 0.3) is 0 Å². The average Bonchev–Trinajstić information content (AvgIpc) is 3.23. The number of benzene rings is 2. The summed E-state index contributed by atoms with van der Waals surface area (Å²) in [7, 11) is 0. The van der Waals surface area contributed by atoms with Gasteiger partial charge in [-0.1, -0.05) is 67.1 Å². The first-order valence-corrected chi connectivity index (χ1v) is 16.4. The van der Waals surface area contributed by atoms with Crippen LogP contribution in [0.4, 0.5) is 14.6 Å². The van der Waals surface area contributed by atoms with Gasteiger partial charge in [0.05, 0.1) is 0 Å². The van der Waals surface area contributed by atoms with Gasteiger partial charge in [-0.05, 0) is 42.2 Å². The van der Waals surface area contributed by atoms with Crippen molar-refractivity contribution in [3.8, 4) is 0 Å². The predicted molar refractivity (Wildman–Crippen MR) is 166 cm³/mol. The van der Waals surface area contributed by atoms with Gasteiger partial charge in [0.2, 0.25) is 6.23 Å². The molecule has 0 saturated carbocycles. The number of nitrogens with two attached hydrogens (primary N) is 1. The van der Waals surface area contributed by atoms with Crippen LogP contribution in [0.1, 0.15) is 49.5 Å². The molecule has 0 radical (unpaired) electrons. The lowest BCUT2D eigenvalue weighted by molar-refractivity contribution is -0.150. The van der Waals surface area contributed by atoms with Crippen molar-refractivity contribution in [1.29, 1.82) is 0 Å². The Morgan fingerprint density at radius 2 is 1.72 bits per heavy atom. The maximum Gasteiger partial charge on any atom is 0.351 e. The molecule has 3 N–H and O–H groups in total.